The Morgan fingerprint density at radius 3 is 2.00 bits per heavy atom. The van der Waals surface area contributed by atoms with Crippen molar-refractivity contribution in [1.29, 1.82) is 0 Å². The Morgan fingerprint density at radius 2 is 1.44 bits per heavy atom. The number of nitrogens with one attached hydrogen (secondary N) is 1. The molecule has 0 aromatic heterocycles. The van der Waals surface area contributed by atoms with Crippen LogP contribution in [0.4, 0.5) is 11.4 Å². The Labute approximate surface area is 180 Å². The van der Waals surface area contributed by atoms with Crippen LogP contribution in [0.2, 0.25) is 0 Å². The molecule has 0 spiro atoms. The van der Waals surface area contributed by atoms with Crippen LogP contribution in [-0.2, 0) is 0 Å². The van der Waals surface area contributed by atoms with Crippen molar-refractivity contribution in [2.45, 2.75) is 0 Å². The first-order valence-electron chi connectivity index (χ1n) is 8.98. The van der Waals surface area contributed by atoms with Gasteiger partial charge in [-0.05, 0) is 42.0 Å². The van der Waals surface area contributed by atoms with Crippen molar-refractivity contribution in [3.05, 3.63) is 110 Å². The third-order valence-corrected chi connectivity index (χ3v) is 4.07. The molecule has 3 rings (SSSR count). The summed E-state index contributed by atoms with van der Waals surface area (Å²) in [6.45, 7) is 0. The molecule has 160 valence electrons. The maximum Gasteiger partial charge on any atom is 0.343 e. The molecule has 0 fully saturated rings. The number of hydrogen-bond acceptors (Lipinski definition) is 8. The van der Waals surface area contributed by atoms with Gasteiger partial charge >= 0.3 is 5.97 Å². The van der Waals surface area contributed by atoms with Crippen molar-refractivity contribution in [3.8, 4) is 5.75 Å². The van der Waals surface area contributed by atoms with E-state index in [9.17, 15) is 29.8 Å². The topological polar surface area (TPSA) is 154 Å². The van der Waals surface area contributed by atoms with Gasteiger partial charge in [0.1, 0.15) is 5.75 Å². The van der Waals surface area contributed by atoms with Crippen molar-refractivity contribution in [2.24, 2.45) is 5.10 Å². The van der Waals surface area contributed by atoms with Crippen LogP contribution in [0.15, 0.2) is 77.9 Å². The molecule has 11 nitrogen and oxygen atoms in total. The second kappa shape index (κ2) is 9.71. The van der Waals surface area contributed by atoms with Crippen molar-refractivity contribution in [1.82, 2.24) is 5.43 Å². The van der Waals surface area contributed by atoms with Crippen LogP contribution in [0.25, 0.3) is 0 Å². The summed E-state index contributed by atoms with van der Waals surface area (Å²) in [6, 6.07) is 17.3. The van der Waals surface area contributed by atoms with Crippen molar-refractivity contribution in [3.63, 3.8) is 0 Å². The minimum absolute atomic E-state index is 0.286. The average Bonchev–Trinajstić information content (AvgIpc) is 2.80. The number of esters is 1. The highest BCUT2D eigenvalue weighted by Gasteiger charge is 2.19. The van der Waals surface area contributed by atoms with E-state index in [1.54, 1.807) is 42.5 Å². The minimum Gasteiger partial charge on any atom is -0.423 e. The first-order valence-corrected chi connectivity index (χ1v) is 8.98. The maximum absolute atomic E-state index is 12.2. The number of benzene rings is 3. The molecule has 0 aliphatic rings. The lowest BCUT2D eigenvalue weighted by Gasteiger charge is -2.04. The molecule has 1 N–H and O–H groups in total. The summed E-state index contributed by atoms with van der Waals surface area (Å²) >= 11 is 0. The molecule has 0 radical (unpaired) electrons. The SMILES string of the molecule is O=C(N/N=C/c1ccc(OC(=O)c2ccccc2)cc1)c1cc([N+](=O)[O-])cc([N+](=O)[O-])c1. The summed E-state index contributed by atoms with van der Waals surface area (Å²) in [5.74, 6) is -1.06. The lowest BCUT2D eigenvalue weighted by Crippen LogP contribution is -2.18. The molecular weight excluding hydrogens is 420 g/mol. The fraction of sp³-hybridized carbons (Fsp3) is 0. The Balaban J connectivity index is 1.63. The quantitative estimate of drug-likeness (QED) is 0.196. The predicted octanol–water partition coefficient (Wildman–Crippen LogP) is 3.49. The summed E-state index contributed by atoms with van der Waals surface area (Å²) in [5.41, 5.74) is 1.64. The van der Waals surface area contributed by atoms with Gasteiger partial charge in [0, 0.05) is 12.1 Å². The van der Waals surface area contributed by atoms with Gasteiger partial charge in [0.25, 0.3) is 17.3 Å². The highest BCUT2D eigenvalue weighted by Crippen LogP contribution is 2.22. The Hall–Kier alpha value is -4.93. The first-order chi connectivity index (χ1) is 15.3. The Bertz CT molecular complexity index is 1180. The van der Waals surface area contributed by atoms with E-state index >= 15 is 0 Å². The second-order valence-electron chi connectivity index (χ2n) is 6.28. The van der Waals surface area contributed by atoms with E-state index < -0.39 is 33.1 Å². The van der Waals surface area contributed by atoms with Crippen molar-refractivity contribution >= 4 is 29.5 Å². The molecule has 32 heavy (non-hydrogen) atoms. The van der Waals surface area contributed by atoms with Crippen LogP contribution in [0.1, 0.15) is 26.3 Å². The monoisotopic (exact) mass is 434 g/mol. The molecule has 1 amide bonds. The molecule has 0 aliphatic carbocycles. The van der Waals surface area contributed by atoms with Gasteiger partial charge in [-0.1, -0.05) is 18.2 Å². The van der Waals surface area contributed by atoms with Gasteiger partial charge in [-0.15, -0.1) is 0 Å². The summed E-state index contributed by atoms with van der Waals surface area (Å²) in [7, 11) is 0. The van der Waals surface area contributed by atoms with Crippen molar-refractivity contribution in [2.75, 3.05) is 0 Å². The van der Waals surface area contributed by atoms with Crippen LogP contribution in [0.3, 0.4) is 0 Å². The van der Waals surface area contributed by atoms with E-state index in [0.717, 1.165) is 18.2 Å². The van der Waals surface area contributed by atoms with E-state index in [4.69, 9.17) is 4.74 Å². The van der Waals surface area contributed by atoms with E-state index in [1.807, 2.05) is 0 Å². The largest absolute Gasteiger partial charge is 0.423 e. The van der Waals surface area contributed by atoms with Crippen molar-refractivity contribution < 1.29 is 24.2 Å². The van der Waals surface area contributed by atoms with Gasteiger partial charge in [0.05, 0.1) is 33.3 Å². The third kappa shape index (κ3) is 5.57. The minimum atomic E-state index is -0.860. The van der Waals surface area contributed by atoms with Gasteiger partial charge in [-0.2, -0.15) is 5.10 Å². The summed E-state index contributed by atoms with van der Waals surface area (Å²) < 4.78 is 5.25. The number of nitro benzene ring substituents is 2. The molecule has 3 aromatic rings. The fourth-order valence-corrected chi connectivity index (χ4v) is 2.53. The maximum atomic E-state index is 12.2. The van der Waals surface area contributed by atoms with E-state index in [1.165, 1.54) is 18.3 Å². The lowest BCUT2D eigenvalue weighted by molar-refractivity contribution is -0.394. The molecular formula is C21H14N4O7. The number of nitro groups is 2. The van der Waals surface area contributed by atoms with Crippen LogP contribution >= 0.6 is 0 Å². The van der Waals surface area contributed by atoms with E-state index in [-0.39, 0.29) is 5.56 Å². The Morgan fingerprint density at radius 1 is 0.844 bits per heavy atom. The number of ether oxygens (including phenoxy) is 1. The molecule has 0 bridgehead atoms. The van der Waals surface area contributed by atoms with Gasteiger partial charge in [-0.25, -0.2) is 10.2 Å². The summed E-state index contributed by atoms with van der Waals surface area (Å²) in [6.07, 6.45) is 1.28. The molecule has 3 aromatic carbocycles. The smallest absolute Gasteiger partial charge is 0.343 e. The average molecular weight is 434 g/mol. The number of hydrogen-bond donors (Lipinski definition) is 1. The zero-order valence-corrected chi connectivity index (χ0v) is 16.2. The van der Waals surface area contributed by atoms with Gasteiger partial charge in [0.15, 0.2) is 0 Å². The molecule has 11 heteroatoms. The fourth-order valence-electron chi connectivity index (χ4n) is 2.53. The van der Waals surface area contributed by atoms with Gasteiger partial charge < -0.3 is 4.74 Å². The first kappa shape index (κ1) is 21.8. The molecule has 0 atom stereocenters. The third-order valence-electron chi connectivity index (χ3n) is 4.07. The highest BCUT2D eigenvalue weighted by atomic mass is 16.6. The lowest BCUT2D eigenvalue weighted by atomic mass is 10.1. The highest BCUT2D eigenvalue weighted by molar-refractivity contribution is 5.96. The molecule has 0 heterocycles. The standard InChI is InChI=1S/C21H14N4O7/c26-20(16-10-17(24(28)29)12-18(11-16)25(30)31)23-22-13-14-6-8-19(9-7-14)32-21(27)15-4-2-1-3-5-15/h1-13H,(H,23,26)/b22-13+. The number of non-ortho nitro benzene ring substituents is 2. The molecule has 0 saturated heterocycles. The molecule has 0 unspecified atom stereocenters. The number of carbonyl (C=O) groups is 2. The van der Waals surface area contributed by atoms with E-state index in [0.29, 0.717) is 16.9 Å². The second-order valence-corrected chi connectivity index (χ2v) is 6.28. The number of rotatable bonds is 7. The predicted molar refractivity (Wildman–Crippen MR) is 113 cm³/mol. The number of carbonyl (C=O) groups excluding carboxylic acids is 2. The number of nitrogens with zero attached hydrogens (tertiary/aromatic N) is 3. The normalized spacial score (nSPS) is 10.5. The summed E-state index contributed by atoms with van der Waals surface area (Å²) in [5, 5.41) is 25.6. The summed E-state index contributed by atoms with van der Waals surface area (Å²) in [4.78, 5) is 44.4. The molecule has 0 saturated carbocycles. The van der Waals surface area contributed by atoms with Crippen LogP contribution in [0.5, 0.6) is 5.75 Å². The van der Waals surface area contributed by atoms with E-state index in [2.05, 4.69) is 10.5 Å². The van der Waals surface area contributed by atoms with Crippen LogP contribution < -0.4 is 10.2 Å². The van der Waals surface area contributed by atoms with Crippen LogP contribution in [0, 0.1) is 20.2 Å². The Kier molecular flexibility index (Phi) is 6.61. The van der Waals surface area contributed by atoms with Gasteiger partial charge in [0.2, 0.25) is 0 Å². The molecule has 0 aliphatic heterocycles. The number of hydrazone groups is 1. The van der Waals surface area contributed by atoms with Gasteiger partial charge in [-0.3, -0.25) is 25.0 Å². The number of amides is 1. The van der Waals surface area contributed by atoms with Crippen LogP contribution in [-0.4, -0.2) is 27.9 Å². The zero-order valence-electron chi connectivity index (χ0n) is 16.2. The zero-order chi connectivity index (χ0) is 23.1.